The molecule has 1 amide bonds. The molecule has 162 valence electrons. The first-order valence-corrected chi connectivity index (χ1v) is 12.0. The number of carbonyl (C=O) groups is 1. The van der Waals surface area contributed by atoms with Crippen molar-refractivity contribution in [1.82, 2.24) is 9.62 Å². The van der Waals surface area contributed by atoms with Crippen LogP contribution in [0, 0.1) is 0 Å². The predicted molar refractivity (Wildman–Crippen MR) is 121 cm³/mol. The van der Waals surface area contributed by atoms with Crippen LogP contribution < -0.4 is 10.1 Å². The number of hydrogen-bond donors (Lipinski definition) is 1. The van der Waals surface area contributed by atoms with Gasteiger partial charge in [0.25, 0.3) is 5.91 Å². The zero-order valence-electron chi connectivity index (χ0n) is 16.9. The van der Waals surface area contributed by atoms with Crippen molar-refractivity contribution in [3.63, 3.8) is 0 Å². The summed E-state index contributed by atoms with van der Waals surface area (Å²) in [5.41, 5.74) is 0.132. The van der Waals surface area contributed by atoms with Crippen molar-refractivity contribution < 1.29 is 17.9 Å². The van der Waals surface area contributed by atoms with E-state index in [1.165, 1.54) is 22.5 Å². The van der Waals surface area contributed by atoms with Crippen LogP contribution in [-0.2, 0) is 10.0 Å². The molecule has 1 aliphatic rings. The first-order chi connectivity index (χ1) is 15.0. The third kappa shape index (κ3) is 4.69. The second kappa shape index (κ2) is 9.26. The highest BCUT2D eigenvalue weighted by molar-refractivity contribution is 7.89. The molecule has 1 N–H and O–H groups in total. The second-order valence-electron chi connectivity index (χ2n) is 7.33. The quantitative estimate of drug-likeness (QED) is 0.541. The molecule has 0 bridgehead atoms. The van der Waals surface area contributed by atoms with Gasteiger partial charge in [0.2, 0.25) is 10.0 Å². The molecule has 1 fully saturated rings. The molecule has 0 saturated carbocycles. The third-order valence-corrected chi connectivity index (χ3v) is 7.50. The molecular formula is C23H23ClN2O4S. The van der Waals surface area contributed by atoms with Gasteiger partial charge in [-0.2, -0.15) is 4.31 Å². The minimum atomic E-state index is -3.62. The number of sulfonamides is 1. The summed E-state index contributed by atoms with van der Waals surface area (Å²) < 4.78 is 32.8. The van der Waals surface area contributed by atoms with Crippen molar-refractivity contribution in [3.05, 3.63) is 71.2 Å². The van der Waals surface area contributed by atoms with Crippen molar-refractivity contribution in [2.75, 3.05) is 26.2 Å². The number of fused-ring (bicyclic) bond motifs is 1. The SMILES string of the molecule is O=C(NCCOc1cccc2ccccc12)c1cc(S(=O)(=O)N2CCCC2)ccc1Cl. The van der Waals surface area contributed by atoms with Gasteiger partial charge in [0, 0.05) is 18.5 Å². The van der Waals surface area contributed by atoms with Crippen LogP contribution >= 0.6 is 11.6 Å². The summed E-state index contributed by atoms with van der Waals surface area (Å²) in [6.45, 7) is 1.51. The molecular weight excluding hydrogens is 436 g/mol. The van der Waals surface area contributed by atoms with E-state index in [0.717, 1.165) is 29.4 Å². The molecule has 31 heavy (non-hydrogen) atoms. The fourth-order valence-corrected chi connectivity index (χ4v) is 5.41. The molecule has 0 spiro atoms. The van der Waals surface area contributed by atoms with Gasteiger partial charge in [-0.25, -0.2) is 8.42 Å². The molecule has 0 radical (unpaired) electrons. The van der Waals surface area contributed by atoms with Gasteiger partial charge in [-0.15, -0.1) is 0 Å². The van der Waals surface area contributed by atoms with Gasteiger partial charge in [-0.3, -0.25) is 4.79 Å². The second-order valence-corrected chi connectivity index (χ2v) is 9.68. The van der Waals surface area contributed by atoms with E-state index in [-0.39, 0.29) is 28.6 Å². The highest BCUT2D eigenvalue weighted by atomic mass is 35.5. The van der Waals surface area contributed by atoms with Crippen molar-refractivity contribution in [2.24, 2.45) is 0 Å². The summed E-state index contributed by atoms with van der Waals surface area (Å²) >= 11 is 6.17. The summed E-state index contributed by atoms with van der Waals surface area (Å²) in [6.07, 6.45) is 1.69. The maximum Gasteiger partial charge on any atom is 0.252 e. The Hall–Kier alpha value is -2.61. The summed E-state index contributed by atoms with van der Waals surface area (Å²) in [7, 11) is -3.62. The lowest BCUT2D eigenvalue weighted by atomic mass is 10.1. The van der Waals surface area contributed by atoms with E-state index in [0.29, 0.717) is 13.1 Å². The molecule has 0 aliphatic carbocycles. The molecule has 1 heterocycles. The van der Waals surface area contributed by atoms with E-state index in [1.807, 2.05) is 42.5 Å². The molecule has 1 saturated heterocycles. The highest BCUT2D eigenvalue weighted by Crippen LogP contribution is 2.26. The summed E-state index contributed by atoms with van der Waals surface area (Å²) in [5.74, 6) is 0.300. The number of halogens is 1. The first-order valence-electron chi connectivity index (χ1n) is 10.2. The van der Waals surface area contributed by atoms with Crippen molar-refractivity contribution in [2.45, 2.75) is 17.7 Å². The largest absolute Gasteiger partial charge is 0.491 e. The average Bonchev–Trinajstić information content (AvgIpc) is 3.33. The molecule has 0 unspecified atom stereocenters. The Morgan fingerprint density at radius 1 is 1.03 bits per heavy atom. The van der Waals surface area contributed by atoms with Gasteiger partial charge < -0.3 is 10.1 Å². The molecule has 3 aromatic rings. The highest BCUT2D eigenvalue weighted by Gasteiger charge is 2.28. The lowest BCUT2D eigenvalue weighted by Crippen LogP contribution is -2.30. The minimum absolute atomic E-state index is 0.0796. The third-order valence-electron chi connectivity index (χ3n) is 5.28. The monoisotopic (exact) mass is 458 g/mol. The number of benzene rings is 3. The molecule has 3 aromatic carbocycles. The zero-order chi connectivity index (χ0) is 21.8. The number of rotatable bonds is 7. The molecule has 0 aromatic heterocycles. The lowest BCUT2D eigenvalue weighted by Gasteiger charge is -2.16. The van der Waals surface area contributed by atoms with E-state index >= 15 is 0 Å². The number of ether oxygens (including phenoxy) is 1. The topological polar surface area (TPSA) is 75.7 Å². The van der Waals surface area contributed by atoms with Crippen LogP contribution in [0.1, 0.15) is 23.2 Å². The molecule has 0 atom stereocenters. The predicted octanol–water partition coefficient (Wildman–Crippen LogP) is 4.09. The smallest absolute Gasteiger partial charge is 0.252 e. The van der Waals surface area contributed by atoms with Crippen LogP contribution in [0.4, 0.5) is 0 Å². The van der Waals surface area contributed by atoms with Gasteiger partial charge >= 0.3 is 0 Å². The van der Waals surface area contributed by atoms with Crippen LogP contribution in [0.3, 0.4) is 0 Å². The van der Waals surface area contributed by atoms with E-state index in [1.54, 1.807) is 0 Å². The average molecular weight is 459 g/mol. The van der Waals surface area contributed by atoms with Crippen LogP contribution in [0.2, 0.25) is 5.02 Å². The molecule has 6 nitrogen and oxygen atoms in total. The molecule has 4 rings (SSSR count). The normalized spacial score (nSPS) is 14.6. The van der Waals surface area contributed by atoms with E-state index in [2.05, 4.69) is 5.32 Å². The summed E-state index contributed by atoms with van der Waals surface area (Å²) in [4.78, 5) is 12.7. The Morgan fingerprint density at radius 2 is 1.77 bits per heavy atom. The fourth-order valence-electron chi connectivity index (χ4n) is 3.66. The van der Waals surface area contributed by atoms with Crippen LogP contribution in [0.25, 0.3) is 10.8 Å². The summed E-state index contributed by atoms with van der Waals surface area (Å²) in [5, 5.41) is 5.03. The number of amides is 1. The standard InChI is InChI=1S/C23H23ClN2O4S/c24-21-11-10-18(31(28,29)26-13-3-4-14-26)16-20(21)23(27)25-12-15-30-22-9-5-7-17-6-1-2-8-19(17)22/h1-2,5-11,16H,3-4,12-15H2,(H,25,27). The molecule has 8 heteroatoms. The fraction of sp³-hybridized carbons (Fsp3) is 0.261. The Bertz CT molecular complexity index is 1200. The van der Waals surface area contributed by atoms with Crippen LogP contribution in [0.5, 0.6) is 5.75 Å². The zero-order valence-corrected chi connectivity index (χ0v) is 18.5. The van der Waals surface area contributed by atoms with E-state index in [9.17, 15) is 13.2 Å². The van der Waals surface area contributed by atoms with Crippen molar-refractivity contribution in [1.29, 1.82) is 0 Å². The Labute approximate surface area is 186 Å². The summed E-state index contributed by atoms with van der Waals surface area (Å²) in [6, 6.07) is 17.9. The maximum atomic E-state index is 12.8. The Balaban J connectivity index is 1.40. The van der Waals surface area contributed by atoms with E-state index in [4.69, 9.17) is 16.3 Å². The Morgan fingerprint density at radius 3 is 2.58 bits per heavy atom. The van der Waals surface area contributed by atoms with E-state index < -0.39 is 15.9 Å². The minimum Gasteiger partial charge on any atom is -0.491 e. The maximum absolute atomic E-state index is 12.8. The number of carbonyl (C=O) groups excluding carboxylic acids is 1. The van der Waals surface area contributed by atoms with Gasteiger partial charge in [-0.1, -0.05) is 48.0 Å². The van der Waals surface area contributed by atoms with Gasteiger partial charge in [0.1, 0.15) is 12.4 Å². The Kier molecular flexibility index (Phi) is 6.46. The van der Waals surface area contributed by atoms with Crippen molar-refractivity contribution in [3.8, 4) is 5.75 Å². The lowest BCUT2D eigenvalue weighted by molar-refractivity contribution is 0.0947. The molecule has 1 aliphatic heterocycles. The van der Waals surface area contributed by atoms with Crippen LogP contribution in [-0.4, -0.2) is 44.9 Å². The first kappa shape index (κ1) is 21.6. The van der Waals surface area contributed by atoms with Gasteiger partial charge in [0.05, 0.1) is 22.0 Å². The number of nitrogens with one attached hydrogen (secondary N) is 1. The van der Waals surface area contributed by atoms with Gasteiger partial charge in [-0.05, 0) is 42.5 Å². The number of hydrogen-bond acceptors (Lipinski definition) is 4. The van der Waals surface area contributed by atoms with Crippen molar-refractivity contribution >= 4 is 38.3 Å². The van der Waals surface area contributed by atoms with Crippen LogP contribution in [0.15, 0.2) is 65.6 Å². The number of nitrogens with zero attached hydrogens (tertiary/aromatic N) is 1. The van der Waals surface area contributed by atoms with Gasteiger partial charge in [0.15, 0.2) is 0 Å².